The van der Waals surface area contributed by atoms with Crippen LogP contribution in [0.25, 0.3) is 0 Å². The highest BCUT2D eigenvalue weighted by atomic mass is 16.5. The Hall–Kier alpha value is -1.43. The predicted octanol–water partition coefficient (Wildman–Crippen LogP) is 1.91. The van der Waals surface area contributed by atoms with E-state index in [0.29, 0.717) is 25.7 Å². The van der Waals surface area contributed by atoms with Crippen molar-refractivity contribution in [1.82, 2.24) is 15.1 Å². The molecule has 0 radical (unpaired) electrons. The lowest BCUT2D eigenvalue weighted by molar-refractivity contribution is -0.123. The number of benzene rings is 1. The summed E-state index contributed by atoms with van der Waals surface area (Å²) in [6, 6.07) is 10.6. The third-order valence-electron chi connectivity index (χ3n) is 4.59. The van der Waals surface area contributed by atoms with Crippen molar-refractivity contribution < 1.29 is 9.53 Å². The number of nitrogens with one attached hydrogen (secondary N) is 1. The van der Waals surface area contributed by atoms with Crippen LogP contribution in [0.3, 0.4) is 0 Å². The maximum absolute atomic E-state index is 12.0. The van der Waals surface area contributed by atoms with Crippen LogP contribution in [0.2, 0.25) is 0 Å². The molecule has 1 heterocycles. The zero-order valence-corrected chi connectivity index (χ0v) is 15.2. The second-order valence-electron chi connectivity index (χ2n) is 6.71. The SMILES string of the molecule is C[C@@H]1CN(C)CCN1CC(=O)NCCCO[C@H](C)c1ccccc1. The molecule has 0 unspecified atom stereocenters. The Balaban J connectivity index is 1.56. The monoisotopic (exact) mass is 333 g/mol. The molecular formula is C19H31N3O2. The van der Waals surface area contributed by atoms with Crippen molar-refractivity contribution in [3.63, 3.8) is 0 Å². The molecule has 5 nitrogen and oxygen atoms in total. The number of hydrogen-bond donors (Lipinski definition) is 1. The molecule has 2 atom stereocenters. The van der Waals surface area contributed by atoms with Crippen LogP contribution in [-0.4, -0.2) is 68.1 Å². The molecule has 1 N–H and O–H groups in total. The average molecular weight is 333 g/mol. The van der Waals surface area contributed by atoms with Crippen molar-refractivity contribution in [3.05, 3.63) is 35.9 Å². The minimum atomic E-state index is 0.0908. The normalized spacial score (nSPS) is 20.7. The summed E-state index contributed by atoms with van der Waals surface area (Å²) in [5, 5.41) is 3.00. The maximum atomic E-state index is 12.0. The third kappa shape index (κ3) is 6.23. The summed E-state index contributed by atoms with van der Waals surface area (Å²) in [6.07, 6.45) is 0.925. The molecule has 1 aliphatic heterocycles. The molecule has 1 fully saturated rings. The number of rotatable bonds is 8. The number of carbonyl (C=O) groups excluding carboxylic acids is 1. The molecule has 1 amide bonds. The number of ether oxygens (including phenoxy) is 1. The number of likely N-dealkylation sites (N-methyl/N-ethyl adjacent to an activating group) is 1. The first-order valence-electron chi connectivity index (χ1n) is 8.92. The zero-order valence-electron chi connectivity index (χ0n) is 15.2. The zero-order chi connectivity index (χ0) is 17.4. The topological polar surface area (TPSA) is 44.8 Å². The van der Waals surface area contributed by atoms with Crippen LogP contribution in [0.15, 0.2) is 30.3 Å². The molecule has 1 aromatic carbocycles. The molecule has 1 aliphatic rings. The molecule has 134 valence electrons. The Labute approximate surface area is 146 Å². The first-order valence-corrected chi connectivity index (χ1v) is 8.92. The molecule has 24 heavy (non-hydrogen) atoms. The molecule has 0 spiro atoms. The van der Waals surface area contributed by atoms with E-state index >= 15 is 0 Å². The van der Waals surface area contributed by atoms with Crippen molar-refractivity contribution in [2.24, 2.45) is 0 Å². The summed E-state index contributed by atoms with van der Waals surface area (Å²) in [5.74, 6) is 0.113. The highest BCUT2D eigenvalue weighted by Crippen LogP contribution is 2.15. The Morgan fingerprint density at radius 3 is 2.79 bits per heavy atom. The third-order valence-corrected chi connectivity index (χ3v) is 4.59. The van der Waals surface area contributed by atoms with Gasteiger partial charge in [-0.25, -0.2) is 0 Å². The second-order valence-corrected chi connectivity index (χ2v) is 6.71. The van der Waals surface area contributed by atoms with E-state index < -0.39 is 0 Å². The van der Waals surface area contributed by atoms with Gasteiger partial charge in [0.2, 0.25) is 5.91 Å². The van der Waals surface area contributed by atoms with Crippen LogP contribution >= 0.6 is 0 Å². The molecule has 1 aromatic rings. The number of nitrogens with zero attached hydrogens (tertiary/aromatic N) is 2. The van der Waals surface area contributed by atoms with Gasteiger partial charge in [0, 0.05) is 38.8 Å². The van der Waals surface area contributed by atoms with Gasteiger partial charge in [-0.15, -0.1) is 0 Å². The fraction of sp³-hybridized carbons (Fsp3) is 0.632. The van der Waals surface area contributed by atoms with Crippen molar-refractivity contribution in [3.8, 4) is 0 Å². The van der Waals surface area contributed by atoms with Crippen LogP contribution < -0.4 is 5.32 Å². The lowest BCUT2D eigenvalue weighted by Gasteiger charge is -2.37. The quantitative estimate of drug-likeness (QED) is 0.738. The second kappa shape index (κ2) is 9.77. The number of amides is 1. The molecule has 0 aliphatic carbocycles. The van der Waals surface area contributed by atoms with Gasteiger partial charge in [-0.3, -0.25) is 9.69 Å². The van der Waals surface area contributed by atoms with Gasteiger partial charge in [0.15, 0.2) is 0 Å². The van der Waals surface area contributed by atoms with Crippen LogP contribution in [0.5, 0.6) is 0 Å². The highest BCUT2D eigenvalue weighted by molar-refractivity contribution is 5.78. The van der Waals surface area contributed by atoms with E-state index in [1.807, 2.05) is 18.2 Å². The molecule has 1 saturated heterocycles. The van der Waals surface area contributed by atoms with E-state index in [4.69, 9.17) is 4.74 Å². The van der Waals surface area contributed by atoms with Gasteiger partial charge in [-0.05, 0) is 32.9 Å². The minimum Gasteiger partial charge on any atom is -0.374 e. The van der Waals surface area contributed by atoms with Gasteiger partial charge in [-0.2, -0.15) is 0 Å². The van der Waals surface area contributed by atoms with Gasteiger partial charge < -0.3 is 15.0 Å². The Morgan fingerprint density at radius 2 is 2.08 bits per heavy atom. The van der Waals surface area contributed by atoms with Crippen LogP contribution in [0.1, 0.15) is 31.9 Å². The lowest BCUT2D eigenvalue weighted by Crippen LogP contribution is -2.53. The molecule has 0 aromatic heterocycles. The van der Waals surface area contributed by atoms with Crippen molar-refractivity contribution in [1.29, 1.82) is 0 Å². The van der Waals surface area contributed by atoms with E-state index in [1.54, 1.807) is 0 Å². The molecule has 2 rings (SSSR count). The minimum absolute atomic E-state index is 0.0908. The summed E-state index contributed by atoms with van der Waals surface area (Å²) < 4.78 is 5.82. The van der Waals surface area contributed by atoms with E-state index in [0.717, 1.165) is 26.1 Å². The standard InChI is InChI=1S/C19H31N3O2/c1-16-14-21(3)11-12-22(16)15-19(23)20-10-7-13-24-17(2)18-8-5-4-6-9-18/h4-6,8-9,16-17H,7,10-15H2,1-3H3,(H,20,23)/t16-,17-/m1/s1. The van der Waals surface area contributed by atoms with Gasteiger partial charge in [0.1, 0.15) is 0 Å². The van der Waals surface area contributed by atoms with Gasteiger partial charge in [-0.1, -0.05) is 30.3 Å². The summed E-state index contributed by atoms with van der Waals surface area (Å²) in [7, 11) is 2.13. The summed E-state index contributed by atoms with van der Waals surface area (Å²) in [6.45, 7) is 9.08. The molecule has 0 saturated carbocycles. The van der Waals surface area contributed by atoms with Crippen molar-refractivity contribution in [2.75, 3.05) is 46.4 Å². The van der Waals surface area contributed by atoms with E-state index in [9.17, 15) is 4.79 Å². The largest absolute Gasteiger partial charge is 0.374 e. The molecular weight excluding hydrogens is 302 g/mol. The van der Waals surface area contributed by atoms with E-state index in [-0.39, 0.29) is 12.0 Å². The fourth-order valence-corrected chi connectivity index (χ4v) is 3.03. The van der Waals surface area contributed by atoms with Crippen LogP contribution in [0, 0.1) is 0 Å². The van der Waals surface area contributed by atoms with E-state index in [2.05, 4.69) is 48.1 Å². The predicted molar refractivity (Wildman–Crippen MR) is 97.0 cm³/mol. The maximum Gasteiger partial charge on any atom is 0.234 e. The van der Waals surface area contributed by atoms with E-state index in [1.165, 1.54) is 5.56 Å². The molecule has 0 bridgehead atoms. The lowest BCUT2D eigenvalue weighted by atomic mass is 10.1. The van der Waals surface area contributed by atoms with Gasteiger partial charge in [0.05, 0.1) is 12.6 Å². The van der Waals surface area contributed by atoms with Crippen molar-refractivity contribution in [2.45, 2.75) is 32.4 Å². The van der Waals surface area contributed by atoms with Crippen molar-refractivity contribution >= 4 is 5.91 Å². The van der Waals surface area contributed by atoms with Crippen LogP contribution in [-0.2, 0) is 9.53 Å². The Kier molecular flexibility index (Phi) is 7.69. The Bertz CT molecular complexity index is 495. The van der Waals surface area contributed by atoms with Gasteiger partial charge in [0.25, 0.3) is 0 Å². The Morgan fingerprint density at radius 1 is 1.33 bits per heavy atom. The molecule has 5 heteroatoms. The highest BCUT2D eigenvalue weighted by Gasteiger charge is 2.22. The number of piperazine rings is 1. The number of hydrogen-bond acceptors (Lipinski definition) is 4. The smallest absolute Gasteiger partial charge is 0.234 e. The van der Waals surface area contributed by atoms with Crippen LogP contribution in [0.4, 0.5) is 0 Å². The summed E-state index contributed by atoms with van der Waals surface area (Å²) in [4.78, 5) is 16.6. The van der Waals surface area contributed by atoms with Gasteiger partial charge >= 0.3 is 0 Å². The summed E-state index contributed by atoms with van der Waals surface area (Å²) >= 11 is 0. The fourth-order valence-electron chi connectivity index (χ4n) is 3.03. The first kappa shape index (κ1) is 18.9. The summed E-state index contributed by atoms with van der Waals surface area (Å²) in [5.41, 5.74) is 1.19. The first-order chi connectivity index (χ1) is 11.6. The number of carbonyl (C=O) groups is 1. The average Bonchev–Trinajstić information content (AvgIpc) is 2.57.